The van der Waals surface area contributed by atoms with Crippen LogP contribution in [-0.4, -0.2) is 0 Å². The van der Waals surface area contributed by atoms with E-state index in [1.807, 2.05) is 12.1 Å². The standard InChI is InChI=1S/C16H12N2/c1-16(2)7-10-4-3-5-13-11(8-17)6-12(9-18)15(16)14(10)13/h3-6H,7H2,1-2H3. The monoisotopic (exact) mass is 232 g/mol. The van der Waals surface area contributed by atoms with Crippen LogP contribution in [0.2, 0.25) is 0 Å². The third-order valence-corrected chi connectivity index (χ3v) is 3.80. The van der Waals surface area contributed by atoms with Crippen molar-refractivity contribution >= 4 is 10.8 Å². The van der Waals surface area contributed by atoms with E-state index in [4.69, 9.17) is 0 Å². The summed E-state index contributed by atoms with van der Waals surface area (Å²) in [5, 5.41) is 20.7. The molecule has 2 heteroatoms. The van der Waals surface area contributed by atoms with Gasteiger partial charge in [0.1, 0.15) is 0 Å². The lowest BCUT2D eigenvalue weighted by atomic mass is 9.82. The molecule has 1 aliphatic rings. The molecule has 0 spiro atoms. The summed E-state index contributed by atoms with van der Waals surface area (Å²) < 4.78 is 0. The van der Waals surface area contributed by atoms with Crippen molar-refractivity contribution < 1.29 is 0 Å². The molecule has 0 radical (unpaired) electrons. The Balaban J connectivity index is 2.59. The molecule has 0 saturated carbocycles. The highest BCUT2D eigenvalue weighted by atomic mass is 14.4. The fourth-order valence-electron chi connectivity index (χ4n) is 3.14. The summed E-state index contributed by atoms with van der Waals surface area (Å²) in [5.74, 6) is 0. The number of nitrogens with zero attached hydrogens (tertiary/aromatic N) is 2. The van der Waals surface area contributed by atoms with Crippen molar-refractivity contribution in [2.75, 3.05) is 0 Å². The quantitative estimate of drug-likeness (QED) is 0.698. The Morgan fingerprint density at radius 1 is 1.11 bits per heavy atom. The SMILES string of the molecule is CC1(C)Cc2cccc3c(C#N)cc(C#N)c1c23. The second-order valence-corrected chi connectivity index (χ2v) is 5.47. The highest BCUT2D eigenvalue weighted by Crippen LogP contribution is 2.44. The Morgan fingerprint density at radius 2 is 1.83 bits per heavy atom. The second kappa shape index (κ2) is 3.34. The Kier molecular flexibility index (Phi) is 2.01. The molecule has 0 aliphatic heterocycles. The third-order valence-electron chi connectivity index (χ3n) is 3.80. The summed E-state index contributed by atoms with van der Waals surface area (Å²) in [4.78, 5) is 0. The zero-order valence-electron chi connectivity index (χ0n) is 10.4. The molecule has 0 heterocycles. The van der Waals surface area contributed by atoms with Gasteiger partial charge in [-0.2, -0.15) is 10.5 Å². The summed E-state index contributed by atoms with van der Waals surface area (Å²) in [5.41, 5.74) is 3.58. The Hall–Kier alpha value is -2.32. The van der Waals surface area contributed by atoms with Gasteiger partial charge in [-0.05, 0) is 34.4 Å². The van der Waals surface area contributed by atoms with Crippen LogP contribution in [0.5, 0.6) is 0 Å². The van der Waals surface area contributed by atoms with Crippen LogP contribution in [0.1, 0.15) is 36.1 Å². The Bertz CT molecular complexity index is 755. The first kappa shape index (κ1) is 10.8. The minimum Gasteiger partial charge on any atom is -0.192 e. The minimum absolute atomic E-state index is 0.0268. The molecule has 2 aromatic rings. The van der Waals surface area contributed by atoms with E-state index in [-0.39, 0.29) is 5.41 Å². The molecular formula is C16H12N2. The molecule has 86 valence electrons. The van der Waals surface area contributed by atoms with Crippen molar-refractivity contribution in [2.24, 2.45) is 0 Å². The van der Waals surface area contributed by atoms with Crippen molar-refractivity contribution in [1.29, 1.82) is 10.5 Å². The van der Waals surface area contributed by atoms with E-state index in [1.165, 1.54) is 5.56 Å². The van der Waals surface area contributed by atoms with E-state index in [2.05, 4.69) is 32.1 Å². The largest absolute Gasteiger partial charge is 0.192 e. The van der Waals surface area contributed by atoms with Crippen LogP contribution >= 0.6 is 0 Å². The van der Waals surface area contributed by atoms with Gasteiger partial charge in [-0.1, -0.05) is 32.0 Å². The van der Waals surface area contributed by atoms with Gasteiger partial charge in [-0.25, -0.2) is 0 Å². The molecule has 0 atom stereocenters. The van der Waals surface area contributed by atoms with Gasteiger partial charge in [0.2, 0.25) is 0 Å². The van der Waals surface area contributed by atoms with Crippen LogP contribution in [0.4, 0.5) is 0 Å². The van der Waals surface area contributed by atoms with Gasteiger partial charge in [-0.3, -0.25) is 0 Å². The molecule has 0 saturated heterocycles. The number of benzene rings is 2. The lowest BCUT2D eigenvalue weighted by molar-refractivity contribution is 0.545. The maximum absolute atomic E-state index is 9.32. The van der Waals surface area contributed by atoms with E-state index in [9.17, 15) is 10.5 Å². The molecular weight excluding hydrogens is 220 g/mol. The number of nitriles is 2. The van der Waals surface area contributed by atoms with Crippen molar-refractivity contribution in [2.45, 2.75) is 25.7 Å². The highest BCUT2D eigenvalue weighted by Gasteiger charge is 2.34. The summed E-state index contributed by atoms with van der Waals surface area (Å²) in [6, 6.07) is 12.3. The van der Waals surface area contributed by atoms with Gasteiger partial charge in [0.15, 0.2) is 0 Å². The fourth-order valence-corrected chi connectivity index (χ4v) is 3.14. The minimum atomic E-state index is -0.0268. The zero-order chi connectivity index (χ0) is 12.9. The fraction of sp³-hybridized carbons (Fsp3) is 0.250. The number of hydrogen-bond donors (Lipinski definition) is 0. The molecule has 0 aromatic heterocycles. The van der Waals surface area contributed by atoms with Crippen LogP contribution in [0.3, 0.4) is 0 Å². The van der Waals surface area contributed by atoms with Crippen LogP contribution in [0.15, 0.2) is 24.3 Å². The molecule has 1 aliphatic carbocycles. The summed E-state index contributed by atoms with van der Waals surface area (Å²) in [6.07, 6.45) is 0.934. The highest BCUT2D eigenvalue weighted by molar-refractivity contribution is 5.97. The van der Waals surface area contributed by atoms with E-state index >= 15 is 0 Å². The molecule has 2 aromatic carbocycles. The lowest BCUT2D eigenvalue weighted by Gasteiger charge is -2.20. The number of hydrogen-bond acceptors (Lipinski definition) is 2. The van der Waals surface area contributed by atoms with Gasteiger partial charge >= 0.3 is 0 Å². The number of rotatable bonds is 0. The zero-order valence-corrected chi connectivity index (χ0v) is 10.4. The van der Waals surface area contributed by atoms with E-state index in [0.29, 0.717) is 11.1 Å². The summed E-state index contributed by atoms with van der Waals surface area (Å²) >= 11 is 0. The van der Waals surface area contributed by atoms with Crippen LogP contribution in [0, 0.1) is 22.7 Å². The summed E-state index contributed by atoms with van der Waals surface area (Å²) in [6.45, 7) is 4.32. The first-order chi connectivity index (χ1) is 8.58. The van der Waals surface area contributed by atoms with Gasteiger partial charge < -0.3 is 0 Å². The first-order valence-electron chi connectivity index (χ1n) is 5.98. The third kappa shape index (κ3) is 1.21. The maximum atomic E-state index is 9.32. The van der Waals surface area contributed by atoms with Gasteiger partial charge in [0.05, 0.1) is 23.3 Å². The van der Waals surface area contributed by atoms with Crippen LogP contribution in [-0.2, 0) is 11.8 Å². The van der Waals surface area contributed by atoms with Crippen molar-refractivity contribution in [1.82, 2.24) is 0 Å². The average molecular weight is 232 g/mol. The lowest BCUT2D eigenvalue weighted by Crippen LogP contribution is -2.16. The van der Waals surface area contributed by atoms with Crippen molar-refractivity contribution in [3.63, 3.8) is 0 Å². The van der Waals surface area contributed by atoms with Gasteiger partial charge in [0, 0.05) is 5.39 Å². The Morgan fingerprint density at radius 3 is 2.50 bits per heavy atom. The molecule has 0 bridgehead atoms. The van der Waals surface area contributed by atoms with Crippen molar-refractivity contribution in [3.05, 3.63) is 46.5 Å². The van der Waals surface area contributed by atoms with Gasteiger partial charge in [-0.15, -0.1) is 0 Å². The molecule has 18 heavy (non-hydrogen) atoms. The second-order valence-electron chi connectivity index (χ2n) is 5.47. The van der Waals surface area contributed by atoms with Gasteiger partial charge in [0.25, 0.3) is 0 Å². The average Bonchev–Trinajstić information content (AvgIpc) is 2.63. The van der Waals surface area contributed by atoms with E-state index < -0.39 is 0 Å². The predicted molar refractivity (Wildman–Crippen MR) is 70.1 cm³/mol. The molecule has 0 fully saturated rings. The molecule has 0 unspecified atom stereocenters. The van der Waals surface area contributed by atoms with E-state index in [1.54, 1.807) is 6.07 Å². The summed E-state index contributed by atoms with van der Waals surface area (Å²) in [7, 11) is 0. The molecule has 3 rings (SSSR count). The maximum Gasteiger partial charge on any atom is 0.0998 e. The van der Waals surface area contributed by atoms with Crippen LogP contribution in [0.25, 0.3) is 10.8 Å². The predicted octanol–water partition coefficient (Wildman–Crippen LogP) is 3.42. The molecule has 2 nitrogen and oxygen atoms in total. The van der Waals surface area contributed by atoms with E-state index in [0.717, 1.165) is 22.8 Å². The normalized spacial score (nSPS) is 15.3. The topological polar surface area (TPSA) is 47.6 Å². The van der Waals surface area contributed by atoms with Crippen LogP contribution < -0.4 is 0 Å². The molecule has 0 amide bonds. The van der Waals surface area contributed by atoms with Crippen molar-refractivity contribution in [3.8, 4) is 12.1 Å². The Labute approximate surface area is 106 Å². The molecule has 0 N–H and O–H groups in total. The first-order valence-corrected chi connectivity index (χ1v) is 5.98. The smallest absolute Gasteiger partial charge is 0.0998 e.